The van der Waals surface area contributed by atoms with Crippen LogP contribution in [0.2, 0.25) is 0 Å². The molecule has 0 radical (unpaired) electrons. The van der Waals surface area contributed by atoms with Gasteiger partial charge in [-0.15, -0.1) is 11.3 Å². The number of nitrogens with zero attached hydrogens (tertiary/aromatic N) is 1. The van der Waals surface area contributed by atoms with Crippen LogP contribution in [0.25, 0.3) is 0 Å². The lowest BCUT2D eigenvalue weighted by molar-refractivity contribution is 0.189. The van der Waals surface area contributed by atoms with Crippen molar-refractivity contribution in [3.63, 3.8) is 0 Å². The van der Waals surface area contributed by atoms with E-state index >= 15 is 0 Å². The molecule has 1 rings (SSSR count). The quantitative estimate of drug-likeness (QED) is 0.778. The van der Waals surface area contributed by atoms with Crippen LogP contribution in [0.5, 0.6) is 0 Å². The van der Waals surface area contributed by atoms with Gasteiger partial charge in [0.1, 0.15) is 6.10 Å². The third-order valence-electron chi connectivity index (χ3n) is 1.87. The molecule has 0 saturated carbocycles. The van der Waals surface area contributed by atoms with E-state index in [9.17, 15) is 5.11 Å². The summed E-state index contributed by atoms with van der Waals surface area (Å²) < 4.78 is 0. The lowest BCUT2D eigenvalue weighted by Crippen LogP contribution is -2.10. The summed E-state index contributed by atoms with van der Waals surface area (Å²) in [6, 6.07) is 0. The summed E-state index contributed by atoms with van der Waals surface area (Å²) in [4.78, 5) is 5.29. The summed E-state index contributed by atoms with van der Waals surface area (Å²) in [5.74, 6) is 0.419. The van der Waals surface area contributed by atoms with Crippen molar-refractivity contribution >= 4 is 11.3 Å². The number of hydrogen-bond donors (Lipinski definition) is 2. The van der Waals surface area contributed by atoms with Gasteiger partial charge in [-0.2, -0.15) is 0 Å². The number of aryl methyl sites for hydroxylation is 1. The molecule has 0 amide bonds. The average molecular weight is 200 g/mol. The fraction of sp³-hybridized carbons (Fsp3) is 0.667. The van der Waals surface area contributed by atoms with Gasteiger partial charge in [0.15, 0.2) is 0 Å². The fourth-order valence-corrected chi connectivity index (χ4v) is 2.16. The SMILES string of the molecule is Cc1nc(C(C)C)sc1C(O)CN. The highest BCUT2D eigenvalue weighted by molar-refractivity contribution is 7.11. The van der Waals surface area contributed by atoms with Gasteiger partial charge >= 0.3 is 0 Å². The molecule has 74 valence electrons. The van der Waals surface area contributed by atoms with Crippen molar-refractivity contribution in [2.24, 2.45) is 5.73 Å². The molecule has 0 aromatic carbocycles. The Morgan fingerprint density at radius 3 is 2.54 bits per heavy atom. The summed E-state index contributed by atoms with van der Waals surface area (Å²) in [6.07, 6.45) is -0.551. The number of nitrogens with two attached hydrogens (primary N) is 1. The predicted molar refractivity (Wildman–Crippen MR) is 55.0 cm³/mol. The second kappa shape index (κ2) is 4.17. The van der Waals surface area contributed by atoms with Gasteiger partial charge in [-0.25, -0.2) is 4.98 Å². The Balaban J connectivity index is 2.96. The van der Waals surface area contributed by atoms with E-state index in [4.69, 9.17) is 5.73 Å². The monoisotopic (exact) mass is 200 g/mol. The molecule has 1 atom stereocenters. The zero-order valence-electron chi connectivity index (χ0n) is 8.24. The molecule has 13 heavy (non-hydrogen) atoms. The molecule has 0 aliphatic carbocycles. The van der Waals surface area contributed by atoms with Crippen molar-refractivity contribution < 1.29 is 5.11 Å². The lowest BCUT2D eigenvalue weighted by Gasteiger charge is -2.04. The van der Waals surface area contributed by atoms with Crippen molar-refractivity contribution in [1.82, 2.24) is 4.98 Å². The largest absolute Gasteiger partial charge is 0.386 e. The molecule has 4 heteroatoms. The molecule has 0 aliphatic heterocycles. The first-order chi connectivity index (χ1) is 6.06. The number of thiazole rings is 1. The Bertz CT molecular complexity index is 283. The van der Waals surface area contributed by atoms with Crippen LogP contribution in [0.1, 0.15) is 41.4 Å². The van der Waals surface area contributed by atoms with Crippen molar-refractivity contribution in [3.05, 3.63) is 15.6 Å². The zero-order chi connectivity index (χ0) is 10.0. The molecule has 3 nitrogen and oxygen atoms in total. The molecule has 0 spiro atoms. The number of rotatable bonds is 3. The van der Waals surface area contributed by atoms with E-state index in [0.717, 1.165) is 15.6 Å². The van der Waals surface area contributed by atoms with Crippen LogP contribution in [-0.2, 0) is 0 Å². The Hall–Kier alpha value is -0.450. The molecule has 1 unspecified atom stereocenters. The molecule has 1 heterocycles. The lowest BCUT2D eigenvalue weighted by atomic mass is 10.2. The minimum Gasteiger partial charge on any atom is -0.386 e. The fourth-order valence-electron chi connectivity index (χ4n) is 1.09. The van der Waals surface area contributed by atoms with E-state index in [0.29, 0.717) is 5.92 Å². The molecular weight excluding hydrogens is 184 g/mol. The van der Waals surface area contributed by atoms with Gasteiger partial charge in [0, 0.05) is 12.5 Å². The summed E-state index contributed by atoms with van der Waals surface area (Å²) in [6.45, 7) is 6.37. The van der Waals surface area contributed by atoms with Crippen LogP contribution in [0.15, 0.2) is 0 Å². The Morgan fingerprint density at radius 1 is 1.54 bits per heavy atom. The van der Waals surface area contributed by atoms with Crippen LogP contribution in [-0.4, -0.2) is 16.6 Å². The Kier molecular flexibility index (Phi) is 3.41. The molecule has 3 N–H and O–H groups in total. The number of hydrogen-bond acceptors (Lipinski definition) is 4. The zero-order valence-corrected chi connectivity index (χ0v) is 9.06. The molecular formula is C9H16N2OS. The van der Waals surface area contributed by atoms with E-state index in [1.165, 1.54) is 0 Å². The molecule has 0 aliphatic rings. The van der Waals surface area contributed by atoms with Gasteiger partial charge in [0.05, 0.1) is 15.6 Å². The predicted octanol–water partition coefficient (Wildman–Crippen LogP) is 1.57. The van der Waals surface area contributed by atoms with Gasteiger partial charge in [-0.1, -0.05) is 13.8 Å². The normalized spacial score (nSPS) is 13.7. The number of aliphatic hydroxyl groups excluding tert-OH is 1. The first-order valence-corrected chi connectivity index (χ1v) is 5.23. The third-order valence-corrected chi connectivity index (χ3v) is 3.43. The molecule has 0 bridgehead atoms. The van der Waals surface area contributed by atoms with Crippen molar-refractivity contribution in [2.45, 2.75) is 32.8 Å². The van der Waals surface area contributed by atoms with Gasteiger partial charge in [0.25, 0.3) is 0 Å². The highest BCUT2D eigenvalue weighted by atomic mass is 32.1. The van der Waals surface area contributed by atoms with E-state index in [1.54, 1.807) is 11.3 Å². The summed E-state index contributed by atoms with van der Waals surface area (Å²) in [5, 5.41) is 10.6. The molecule has 1 aromatic rings. The highest BCUT2D eigenvalue weighted by Crippen LogP contribution is 2.28. The van der Waals surface area contributed by atoms with Crippen LogP contribution >= 0.6 is 11.3 Å². The van der Waals surface area contributed by atoms with E-state index < -0.39 is 6.10 Å². The Labute approximate surface area is 82.6 Å². The van der Waals surface area contributed by atoms with E-state index in [1.807, 2.05) is 6.92 Å². The van der Waals surface area contributed by atoms with Gasteiger partial charge < -0.3 is 10.8 Å². The van der Waals surface area contributed by atoms with Gasteiger partial charge in [-0.05, 0) is 6.92 Å². The Morgan fingerprint density at radius 2 is 2.15 bits per heavy atom. The second-order valence-corrected chi connectivity index (χ2v) is 4.47. The van der Waals surface area contributed by atoms with Crippen molar-refractivity contribution in [2.75, 3.05) is 6.54 Å². The second-order valence-electron chi connectivity index (χ2n) is 3.41. The van der Waals surface area contributed by atoms with Crippen LogP contribution in [0.3, 0.4) is 0 Å². The van der Waals surface area contributed by atoms with Crippen LogP contribution in [0.4, 0.5) is 0 Å². The molecule has 0 saturated heterocycles. The first kappa shape index (κ1) is 10.6. The first-order valence-electron chi connectivity index (χ1n) is 4.41. The minimum atomic E-state index is -0.551. The van der Waals surface area contributed by atoms with Crippen LogP contribution < -0.4 is 5.73 Å². The summed E-state index contributed by atoms with van der Waals surface area (Å²) in [7, 11) is 0. The van der Waals surface area contributed by atoms with E-state index in [-0.39, 0.29) is 6.54 Å². The molecule has 0 fully saturated rings. The summed E-state index contributed by atoms with van der Waals surface area (Å²) in [5.41, 5.74) is 6.30. The number of aliphatic hydroxyl groups is 1. The van der Waals surface area contributed by atoms with Gasteiger partial charge in [-0.3, -0.25) is 0 Å². The highest BCUT2D eigenvalue weighted by Gasteiger charge is 2.15. The summed E-state index contributed by atoms with van der Waals surface area (Å²) >= 11 is 1.56. The smallest absolute Gasteiger partial charge is 0.102 e. The van der Waals surface area contributed by atoms with Crippen molar-refractivity contribution in [3.8, 4) is 0 Å². The third kappa shape index (κ3) is 2.27. The maximum Gasteiger partial charge on any atom is 0.102 e. The van der Waals surface area contributed by atoms with Gasteiger partial charge in [0.2, 0.25) is 0 Å². The number of aromatic nitrogens is 1. The topological polar surface area (TPSA) is 59.1 Å². The van der Waals surface area contributed by atoms with E-state index in [2.05, 4.69) is 18.8 Å². The van der Waals surface area contributed by atoms with Crippen molar-refractivity contribution in [1.29, 1.82) is 0 Å². The minimum absolute atomic E-state index is 0.264. The molecule has 1 aromatic heterocycles. The maximum absolute atomic E-state index is 9.55. The maximum atomic E-state index is 9.55. The van der Waals surface area contributed by atoms with Crippen LogP contribution in [0, 0.1) is 6.92 Å². The standard InChI is InChI=1S/C9H16N2OS/c1-5(2)9-11-6(3)8(13-9)7(12)4-10/h5,7,12H,4,10H2,1-3H3. The average Bonchev–Trinajstić information content (AvgIpc) is 2.46.